The van der Waals surface area contributed by atoms with Crippen molar-refractivity contribution in [1.29, 1.82) is 5.26 Å². The van der Waals surface area contributed by atoms with Crippen LogP contribution in [0.3, 0.4) is 0 Å². The van der Waals surface area contributed by atoms with Crippen molar-refractivity contribution in [2.45, 2.75) is 13.1 Å². The predicted octanol–water partition coefficient (Wildman–Crippen LogP) is 5.44. The van der Waals surface area contributed by atoms with Crippen LogP contribution in [0.5, 0.6) is 11.5 Å². The maximum Gasteiger partial charge on any atom is 0.417 e. The molecule has 2 nitrogen and oxygen atoms in total. The zero-order valence-electron chi connectivity index (χ0n) is 10.8. The Morgan fingerprint density at radius 2 is 1.86 bits per heavy atom. The lowest BCUT2D eigenvalue weighted by molar-refractivity contribution is -0.137. The Morgan fingerprint density at radius 1 is 1.14 bits per heavy atom. The number of halogens is 4. The number of rotatable bonds is 2. The lowest BCUT2D eigenvalue weighted by Crippen LogP contribution is -2.08. The van der Waals surface area contributed by atoms with E-state index in [1.54, 1.807) is 19.1 Å². The second kappa shape index (κ2) is 5.78. The highest BCUT2D eigenvalue weighted by Gasteiger charge is 2.34. The fourth-order valence-corrected chi connectivity index (χ4v) is 2.07. The Morgan fingerprint density at radius 3 is 2.48 bits per heavy atom. The van der Waals surface area contributed by atoms with E-state index in [4.69, 9.17) is 10.00 Å². The van der Waals surface area contributed by atoms with E-state index in [9.17, 15) is 13.2 Å². The van der Waals surface area contributed by atoms with Crippen molar-refractivity contribution in [2.24, 2.45) is 0 Å². The lowest BCUT2D eigenvalue weighted by atomic mass is 10.1. The van der Waals surface area contributed by atoms with Gasteiger partial charge >= 0.3 is 6.18 Å². The average Bonchev–Trinajstić information content (AvgIpc) is 2.42. The van der Waals surface area contributed by atoms with Crippen molar-refractivity contribution in [3.63, 3.8) is 0 Å². The first-order valence-electron chi connectivity index (χ1n) is 5.86. The van der Waals surface area contributed by atoms with Gasteiger partial charge in [0.15, 0.2) is 0 Å². The number of nitriles is 1. The van der Waals surface area contributed by atoms with Gasteiger partial charge in [0.25, 0.3) is 0 Å². The van der Waals surface area contributed by atoms with Gasteiger partial charge in [-0.1, -0.05) is 22.0 Å². The maximum atomic E-state index is 12.9. The third kappa shape index (κ3) is 3.56. The molecule has 0 unspecified atom stereocenters. The van der Waals surface area contributed by atoms with Crippen LogP contribution in [0.2, 0.25) is 0 Å². The van der Waals surface area contributed by atoms with Crippen LogP contribution < -0.4 is 4.74 Å². The molecule has 21 heavy (non-hydrogen) atoms. The van der Waals surface area contributed by atoms with E-state index in [1.807, 2.05) is 6.07 Å². The first-order chi connectivity index (χ1) is 9.81. The molecule has 0 heterocycles. The molecule has 6 heteroatoms. The average molecular weight is 356 g/mol. The quantitative estimate of drug-likeness (QED) is 0.718. The molecule has 0 fully saturated rings. The Hall–Kier alpha value is -2.00. The van der Waals surface area contributed by atoms with E-state index in [2.05, 4.69) is 15.9 Å². The molecule has 2 aromatic rings. The molecule has 0 amide bonds. The molecular formula is C15H9BrF3NO. The van der Waals surface area contributed by atoms with Gasteiger partial charge in [-0.05, 0) is 42.8 Å². The predicted molar refractivity (Wildman–Crippen MR) is 75.1 cm³/mol. The van der Waals surface area contributed by atoms with Crippen molar-refractivity contribution in [3.8, 4) is 17.6 Å². The number of aryl methyl sites for hydroxylation is 1. The minimum Gasteiger partial charge on any atom is -0.457 e. The summed E-state index contributed by atoms with van der Waals surface area (Å²) in [6.45, 7) is 1.79. The normalized spacial score (nSPS) is 11.0. The topological polar surface area (TPSA) is 33.0 Å². The van der Waals surface area contributed by atoms with Gasteiger partial charge in [0, 0.05) is 4.47 Å². The number of benzene rings is 2. The van der Waals surface area contributed by atoms with Crippen LogP contribution in [0.25, 0.3) is 0 Å². The molecular weight excluding hydrogens is 347 g/mol. The summed E-state index contributed by atoms with van der Waals surface area (Å²) in [6, 6.07) is 10.1. The van der Waals surface area contributed by atoms with Gasteiger partial charge in [-0.25, -0.2) is 0 Å². The largest absolute Gasteiger partial charge is 0.457 e. The Kier molecular flexibility index (Phi) is 4.24. The smallest absolute Gasteiger partial charge is 0.417 e. The molecule has 0 radical (unpaired) electrons. The fourth-order valence-electron chi connectivity index (χ4n) is 1.73. The van der Waals surface area contributed by atoms with E-state index in [1.165, 1.54) is 12.1 Å². The minimum absolute atomic E-state index is 0.0301. The van der Waals surface area contributed by atoms with Gasteiger partial charge in [-0.15, -0.1) is 0 Å². The maximum absolute atomic E-state index is 12.9. The monoisotopic (exact) mass is 355 g/mol. The molecule has 0 aliphatic heterocycles. The molecule has 0 N–H and O–H groups in total. The molecule has 108 valence electrons. The van der Waals surface area contributed by atoms with Crippen LogP contribution in [0.4, 0.5) is 13.2 Å². The zero-order chi connectivity index (χ0) is 15.6. The number of hydrogen-bond acceptors (Lipinski definition) is 2. The lowest BCUT2D eigenvalue weighted by Gasteiger charge is -2.13. The summed E-state index contributed by atoms with van der Waals surface area (Å²) in [5.74, 6) is 0.477. The number of nitrogens with zero attached hydrogens (tertiary/aromatic N) is 1. The summed E-state index contributed by atoms with van der Waals surface area (Å²) in [4.78, 5) is 0. The standard InChI is InChI=1S/C15H9BrF3NO/c1-9-2-4-11(16)6-14(9)21-12-5-3-10(8-20)13(7-12)15(17,18)19/h2-7H,1H3. The summed E-state index contributed by atoms with van der Waals surface area (Å²) in [5.41, 5.74) is -0.646. The summed E-state index contributed by atoms with van der Waals surface area (Å²) < 4.78 is 44.9. The molecule has 0 aromatic heterocycles. The molecule has 0 aliphatic rings. The fraction of sp³-hybridized carbons (Fsp3) is 0.133. The Labute approximate surface area is 127 Å². The van der Waals surface area contributed by atoms with E-state index in [-0.39, 0.29) is 5.75 Å². The zero-order valence-corrected chi connectivity index (χ0v) is 12.4. The molecule has 0 saturated heterocycles. The highest BCUT2D eigenvalue weighted by Crippen LogP contribution is 2.36. The molecule has 0 spiro atoms. The van der Waals surface area contributed by atoms with Gasteiger partial charge in [0.2, 0.25) is 0 Å². The van der Waals surface area contributed by atoms with Crippen molar-refractivity contribution >= 4 is 15.9 Å². The second-order valence-electron chi connectivity index (χ2n) is 4.33. The van der Waals surface area contributed by atoms with Crippen molar-refractivity contribution in [2.75, 3.05) is 0 Å². The van der Waals surface area contributed by atoms with Gasteiger partial charge in [-0.2, -0.15) is 18.4 Å². The molecule has 0 aliphatic carbocycles. The van der Waals surface area contributed by atoms with E-state index in [0.717, 1.165) is 22.2 Å². The molecule has 2 rings (SSSR count). The molecule has 2 aromatic carbocycles. The van der Waals surface area contributed by atoms with Crippen molar-refractivity contribution < 1.29 is 17.9 Å². The second-order valence-corrected chi connectivity index (χ2v) is 5.24. The number of alkyl halides is 3. The van der Waals surface area contributed by atoms with Gasteiger partial charge in [-0.3, -0.25) is 0 Å². The highest BCUT2D eigenvalue weighted by atomic mass is 79.9. The van der Waals surface area contributed by atoms with E-state index < -0.39 is 17.3 Å². The van der Waals surface area contributed by atoms with Crippen molar-refractivity contribution in [1.82, 2.24) is 0 Å². The Balaban J connectivity index is 2.42. The van der Waals surface area contributed by atoms with E-state index in [0.29, 0.717) is 5.75 Å². The van der Waals surface area contributed by atoms with Crippen LogP contribution in [-0.2, 0) is 6.18 Å². The third-order valence-electron chi connectivity index (χ3n) is 2.79. The molecule has 0 bridgehead atoms. The third-order valence-corrected chi connectivity index (χ3v) is 3.29. The van der Waals surface area contributed by atoms with Crippen LogP contribution in [0.15, 0.2) is 40.9 Å². The first kappa shape index (κ1) is 15.4. The van der Waals surface area contributed by atoms with Crippen LogP contribution >= 0.6 is 15.9 Å². The summed E-state index contributed by atoms with van der Waals surface area (Å²) in [7, 11) is 0. The molecule has 0 atom stereocenters. The van der Waals surface area contributed by atoms with Crippen LogP contribution in [0, 0.1) is 18.3 Å². The summed E-state index contributed by atoms with van der Waals surface area (Å²) >= 11 is 3.28. The Bertz CT molecular complexity index is 720. The SMILES string of the molecule is Cc1ccc(Br)cc1Oc1ccc(C#N)c(C(F)(F)F)c1. The van der Waals surface area contributed by atoms with Crippen LogP contribution in [0.1, 0.15) is 16.7 Å². The highest BCUT2D eigenvalue weighted by molar-refractivity contribution is 9.10. The van der Waals surface area contributed by atoms with Gasteiger partial charge in [0.1, 0.15) is 11.5 Å². The summed E-state index contributed by atoms with van der Waals surface area (Å²) in [5, 5.41) is 8.75. The van der Waals surface area contributed by atoms with Crippen LogP contribution in [-0.4, -0.2) is 0 Å². The van der Waals surface area contributed by atoms with Gasteiger partial charge < -0.3 is 4.74 Å². The number of hydrogen-bond donors (Lipinski definition) is 0. The first-order valence-corrected chi connectivity index (χ1v) is 6.66. The summed E-state index contributed by atoms with van der Waals surface area (Å²) in [6.07, 6.45) is -4.60. The molecule has 0 saturated carbocycles. The van der Waals surface area contributed by atoms with E-state index >= 15 is 0 Å². The minimum atomic E-state index is -4.60. The van der Waals surface area contributed by atoms with Crippen molar-refractivity contribution in [3.05, 3.63) is 57.6 Å². The van der Waals surface area contributed by atoms with Gasteiger partial charge in [0.05, 0.1) is 17.2 Å². The number of ether oxygens (including phenoxy) is 1.